The molecular weight excluding hydrogens is 307 g/mol. The van der Waals surface area contributed by atoms with Crippen molar-refractivity contribution in [2.45, 2.75) is 13.8 Å². The summed E-state index contributed by atoms with van der Waals surface area (Å²) in [4.78, 5) is 16.0. The smallest absolute Gasteiger partial charge is 0.254 e. The Kier molecular flexibility index (Phi) is 5.89. The van der Waals surface area contributed by atoms with Gasteiger partial charge in [-0.15, -0.1) is 0 Å². The minimum absolute atomic E-state index is 0.0164. The first kappa shape index (κ1) is 17.5. The van der Waals surface area contributed by atoms with E-state index in [1.165, 1.54) is 23.8 Å². The van der Waals surface area contributed by atoms with E-state index < -0.39 is 11.7 Å². The number of hydrogen-bond donors (Lipinski definition) is 3. The summed E-state index contributed by atoms with van der Waals surface area (Å²) in [6, 6.07) is 11.7. The summed E-state index contributed by atoms with van der Waals surface area (Å²) in [6.45, 7) is 4.62. The summed E-state index contributed by atoms with van der Waals surface area (Å²) in [7, 11) is 0. The van der Waals surface area contributed by atoms with Crippen LogP contribution in [-0.4, -0.2) is 25.0 Å². The first-order valence-corrected chi connectivity index (χ1v) is 7.64. The number of amides is 1. The number of aliphatic imine (C=N–C) groups is 1. The van der Waals surface area contributed by atoms with Gasteiger partial charge in [0, 0.05) is 12.2 Å². The fraction of sp³-hybridized carbons (Fsp3) is 0.222. The van der Waals surface area contributed by atoms with Crippen molar-refractivity contribution in [3.05, 3.63) is 65.0 Å². The van der Waals surface area contributed by atoms with Gasteiger partial charge in [-0.3, -0.25) is 9.79 Å². The zero-order valence-electron chi connectivity index (χ0n) is 13.8. The Morgan fingerprint density at radius 1 is 1.17 bits per heavy atom. The van der Waals surface area contributed by atoms with Crippen LogP contribution in [0.15, 0.2) is 47.5 Å². The summed E-state index contributed by atoms with van der Waals surface area (Å²) in [5.74, 6) is -0.753. The predicted molar refractivity (Wildman–Crippen MR) is 94.8 cm³/mol. The van der Waals surface area contributed by atoms with Gasteiger partial charge < -0.3 is 16.4 Å². The van der Waals surface area contributed by atoms with Crippen molar-refractivity contribution in [3.8, 4) is 0 Å². The highest BCUT2D eigenvalue weighted by Gasteiger charge is 2.09. The Bertz CT molecular complexity index is 758. The normalized spacial score (nSPS) is 11.2. The first-order valence-electron chi connectivity index (χ1n) is 7.64. The van der Waals surface area contributed by atoms with Crippen molar-refractivity contribution in [2.75, 3.05) is 18.4 Å². The van der Waals surface area contributed by atoms with Gasteiger partial charge in [0.25, 0.3) is 5.91 Å². The fourth-order valence-electron chi connectivity index (χ4n) is 2.09. The third-order valence-electron chi connectivity index (χ3n) is 3.58. The van der Waals surface area contributed by atoms with Crippen molar-refractivity contribution in [1.29, 1.82) is 0 Å². The Morgan fingerprint density at radius 3 is 2.62 bits per heavy atom. The number of carbonyl (C=O) groups excluding carboxylic acids is 1. The van der Waals surface area contributed by atoms with Crippen LogP contribution in [0.3, 0.4) is 0 Å². The van der Waals surface area contributed by atoms with Crippen LogP contribution in [0, 0.1) is 19.7 Å². The number of benzene rings is 2. The van der Waals surface area contributed by atoms with Gasteiger partial charge in [0.1, 0.15) is 5.82 Å². The second kappa shape index (κ2) is 8.10. The number of guanidine groups is 1. The van der Waals surface area contributed by atoms with Gasteiger partial charge >= 0.3 is 0 Å². The number of carbonyl (C=O) groups is 1. The maximum atomic E-state index is 13.5. The van der Waals surface area contributed by atoms with Crippen molar-refractivity contribution >= 4 is 17.6 Å². The van der Waals surface area contributed by atoms with Gasteiger partial charge in [0.05, 0.1) is 12.1 Å². The second-order valence-electron chi connectivity index (χ2n) is 5.43. The van der Waals surface area contributed by atoms with Crippen LogP contribution in [0.5, 0.6) is 0 Å². The Morgan fingerprint density at radius 2 is 1.92 bits per heavy atom. The lowest BCUT2D eigenvalue weighted by Gasteiger charge is -2.08. The number of aryl methyl sites for hydroxylation is 2. The van der Waals surface area contributed by atoms with E-state index >= 15 is 0 Å². The summed E-state index contributed by atoms with van der Waals surface area (Å²) in [6.07, 6.45) is 0. The standard InChI is InChI=1S/C18H21FN4O/c1-12-7-8-14(11-13(12)2)23-18(20)22-10-9-21-17(24)15-5-3-4-6-16(15)19/h3-8,11H,9-10H2,1-2H3,(H,21,24)(H3,20,22,23). The number of nitrogens with two attached hydrogens (primary N) is 1. The van der Waals surface area contributed by atoms with E-state index in [2.05, 4.69) is 15.6 Å². The molecule has 0 bridgehead atoms. The predicted octanol–water partition coefficient (Wildman–Crippen LogP) is 2.60. The lowest BCUT2D eigenvalue weighted by atomic mass is 10.1. The quantitative estimate of drug-likeness (QED) is 0.448. The molecule has 0 unspecified atom stereocenters. The molecule has 0 fully saturated rings. The number of hydrogen-bond acceptors (Lipinski definition) is 2. The van der Waals surface area contributed by atoms with Crippen molar-refractivity contribution in [3.63, 3.8) is 0 Å². The van der Waals surface area contributed by atoms with Crippen molar-refractivity contribution < 1.29 is 9.18 Å². The zero-order chi connectivity index (χ0) is 17.5. The minimum Gasteiger partial charge on any atom is -0.370 e. The first-order chi connectivity index (χ1) is 11.5. The van der Waals surface area contributed by atoms with Gasteiger partial charge in [0.15, 0.2) is 5.96 Å². The van der Waals surface area contributed by atoms with E-state index in [9.17, 15) is 9.18 Å². The van der Waals surface area contributed by atoms with Crippen LogP contribution in [0.1, 0.15) is 21.5 Å². The van der Waals surface area contributed by atoms with Gasteiger partial charge in [0.2, 0.25) is 0 Å². The molecule has 6 heteroatoms. The molecule has 24 heavy (non-hydrogen) atoms. The summed E-state index contributed by atoms with van der Waals surface area (Å²) in [5.41, 5.74) is 9.04. The molecule has 0 aliphatic carbocycles. The Hall–Kier alpha value is -2.89. The van der Waals surface area contributed by atoms with Crippen LogP contribution < -0.4 is 16.4 Å². The number of rotatable bonds is 5. The number of halogens is 1. The molecule has 0 aromatic heterocycles. The van der Waals surface area contributed by atoms with Crippen LogP contribution in [0.2, 0.25) is 0 Å². The van der Waals surface area contributed by atoms with E-state index in [1.54, 1.807) is 6.07 Å². The SMILES string of the molecule is Cc1ccc(NC(N)=NCCNC(=O)c2ccccc2F)cc1C. The molecule has 0 aliphatic rings. The summed E-state index contributed by atoms with van der Waals surface area (Å²) in [5, 5.41) is 5.60. The topological polar surface area (TPSA) is 79.5 Å². The molecule has 2 aromatic rings. The number of anilines is 1. The molecule has 0 spiro atoms. The Labute approximate surface area is 140 Å². The molecule has 0 aliphatic heterocycles. The fourth-order valence-corrected chi connectivity index (χ4v) is 2.09. The second-order valence-corrected chi connectivity index (χ2v) is 5.43. The maximum Gasteiger partial charge on any atom is 0.254 e. The van der Waals surface area contributed by atoms with E-state index in [0.29, 0.717) is 6.54 Å². The molecule has 0 atom stereocenters. The molecule has 0 saturated heterocycles. The lowest BCUT2D eigenvalue weighted by molar-refractivity contribution is 0.0951. The molecule has 0 saturated carbocycles. The lowest BCUT2D eigenvalue weighted by Crippen LogP contribution is -2.29. The van der Waals surface area contributed by atoms with Crippen LogP contribution in [0.4, 0.5) is 10.1 Å². The highest BCUT2D eigenvalue weighted by Crippen LogP contribution is 2.13. The van der Waals surface area contributed by atoms with E-state index in [0.717, 1.165) is 11.3 Å². The average molecular weight is 328 g/mol. The molecule has 1 amide bonds. The molecule has 0 heterocycles. The molecule has 0 radical (unpaired) electrons. The monoisotopic (exact) mass is 328 g/mol. The minimum atomic E-state index is -0.547. The summed E-state index contributed by atoms with van der Waals surface area (Å²) >= 11 is 0. The average Bonchev–Trinajstić information content (AvgIpc) is 2.55. The third kappa shape index (κ3) is 4.81. The van der Waals surface area contributed by atoms with Gasteiger partial charge in [-0.2, -0.15) is 0 Å². The van der Waals surface area contributed by atoms with Gasteiger partial charge in [-0.05, 0) is 49.2 Å². The largest absolute Gasteiger partial charge is 0.370 e. The van der Waals surface area contributed by atoms with Crippen molar-refractivity contribution in [2.24, 2.45) is 10.7 Å². The molecular formula is C18H21FN4O. The summed E-state index contributed by atoms with van der Waals surface area (Å²) < 4.78 is 13.5. The highest BCUT2D eigenvalue weighted by atomic mass is 19.1. The molecule has 2 aromatic carbocycles. The molecule has 126 valence electrons. The van der Waals surface area contributed by atoms with E-state index in [4.69, 9.17) is 5.73 Å². The van der Waals surface area contributed by atoms with Crippen LogP contribution in [-0.2, 0) is 0 Å². The van der Waals surface area contributed by atoms with E-state index in [1.807, 2.05) is 32.0 Å². The third-order valence-corrected chi connectivity index (χ3v) is 3.58. The van der Waals surface area contributed by atoms with Gasteiger partial charge in [-0.1, -0.05) is 18.2 Å². The number of nitrogens with zero attached hydrogens (tertiary/aromatic N) is 1. The van der Waals surface area contributed by atoms with Crippen LogP contribution >= 0.6 is 0 Å². The van der Waals surface area contributed by atoms with E-state index in [-0.39, 0.29) is 18.1 Å². The molecule has 4 N–H and O–H groups in total. The van der Waals surface area contributed by atoms with Crippen molar-refractivity contribution in [1.82, 2.24) is 5.32 Å². The van der Waals surface area contributed by atoms with Crippen LogP contribution in [0.25, 0.3) is 0 Å². The number of nitrogens with one attached hydrogen (secondary N) is 2. The maximum absolute atomic E-state index is 13.5. The molecule has 2 rings (SSSR count). The van der Waals surface area contributed by atoms with Gasteiger partial charge in [-0.25, -0.2) is 4.39 Å². The zero-order valence-corrected chi connectivity index (χ0v) is 13.8. The Balaban J connectivity index is 1.82. The highest BCUT2D eigenvalue weighted by molar-refractivity contribution is 5.94. The molecule has 5 nitrogen and oxygen atoms in total.